The highest BCUT2D eigenvalue weighted by atomic mass is 16.5. The molecule has 2 aromatic rings. The smallest absolute Gasteiger partial charge is 0.273 e. The Balaban J connectivity index is 2.03. The molecule has 1 amide bonds. The van der Waals surface area contributed by atoms with E-state index >= 15 is 0 Å². The Hall–Kier alpha value is -2.19. The molecule has 8 nitrogen and oxygen atoms in total. The van der Waals surface area contributed by atoms with E-state index < -0.39 is 0 Å². The molecule has 0 bridgehead atoms. The third-order valence-corrected chi connectivity index (χ3v) is 4.02. The molecule has 2 rings (SSSR count). The lowest BCUT2D eigenvalue weighted by Gasteiger charge is -2.11. The molecule has 0 saturated carbocycles. The van der Waals surface area contributed by atoms with Gasteiger partial charge in [0, 0.05) is 39.5 Å². The Labute approximate surface area is 140 Å². The molecule has 2 aromatic heterocycles. The maximum atomic E-state index is 12.1. The zero-order valence-electron chi connectivity index (χ0n) is 14.7. The summed E-state index contributed by atoms with van der Waals surface area (Å²) in [6.07, 6.45) is 0.215. The number of hydrogen-bond acceptors (Lipinski definition) is 5. The largest absolute Gasteiger partial charge is 0.383 e. The first kappa shape index (κ1) is 18.2. The molecule has 2 heterocycles. The number of aromatic nitrogens is 3. The van der Waals surface area contributed by atoms with Gasteiger partial charge in [-0.05, 0) is 25.0 Å². The number of methoxy groups -OCH3 is 1. The van der Waals surface area contributed by atoms with Crippen LogP contribution in [0.2, 0.25) is 0 Å². The van der Waals surface area contributed by atoms with Crippen molar-refractivity contribution < 1.29 is 9.53 Å². The number of pyridine rings is 1. The fourth-order valence-electron chi connectivity index (χ4n) is 2.72. The van der Waals surface area contributed by atoms with Gasteiger partial charge in [-0.1, -0.05) is 0 Å². The van der Waals surface area contributed by atoms with E-state index in [0.29, 0.717) is 30.7 Å². The topological polar surface area (TPSA) is 101 Å². The van der Waals surface area contributed by atoms with Crippen LogP contribution in [0.1, 0.15) is 16.8 Å². The summed E-state index contributed by atoms with van der Waals surface area (Å²) < 4.78 is 6.54. The van der Waals surface area contributed by atoms with Crippen molar-refractivity contribution in [1.82, 2.24) is 25.4 Å². The second-order valence-corrected chi connectivity index (χ2v) is 5.77. The first-order chi connectivity index (χ1) is 11.5. The average Bonchev–Trinajstić information content (AvgIpc) is 2.81. The van der Waals surface area contributed by atoms with Gasteiger partial charge in [-0.3, -0.25) is 19.4 Å². The Morgan fingerprint density at radius 2 is 2.04 bits per heavy atom. The number of rotatable bonds is 8. The van der Waals surface area contributed by atoms with Gasteiger partial charge in [0.2, 0.25) is 5.91 Å². The number of hydrogen-bond donors (Lipinski definition) is 3. The quantitative estimate of drug-likeness (QED) is 0.579. The molecule has 0 spiro atoms. The van der Waals surface area contributed by atoms with E-state index in [9.17, 15) is 9.59 Å². The number of ether oxygens (including phenoxy) is 1. The molecule has 8 heteroatoms. The SMILES string of the molecule is COCCNCCNC(=O)Cc1c(C)nc2c(c1C)c(=O)[nH]n2C. The second kappa shape index (κ2) is 8.07. The highest BCUT2D eigenvalue weighted by molar-refractivity contribution is 5.84. The van der Waals surface area contributed by atoms with E-state index in [-0.39, 0.29) is 17.9 Å². The molecule has 0 saturated heterocycles. The summed E-state index contributed by atoms with van der Waals surface area (Å²) in [5.74, 6) is -0.0803. The van der Waals surface area contributed by atoms with Gasteiger partial charge in [0.25, 0.3) is 5.56 Å². The van der Waals surface area contributed by atoms with Crippen LogP contribution < -0.4 is 16.2 Å². The highest BCUT2D eigenvalue weighted by Crippen LogP contribution is 2.20. The van der Waals surface area contributed by atoms with Crippen LogP contribution in [-0.4, -0.2) is 54.0 Å². The maximum Gasteiger partial charge on any atom is 0.273 e. The van der Waals surface area contributed by atoms with Gasteiger partial charge in [0.05, 0.1) is 18.4 Å². The second-order valence-electron chi connectivity index (χ2n) is 5.77. The number of nitrogens with zero attached hydrogens (tertiary/aromatic N) is 2. The van der Waals surface area contributed by atoms with Gasteiger partial charge in [-0.2, -0.15) is 0 Å². The summed E-state index contributed by atoms with van der Waals surface area (Å²) >= 11 is 0. The third-order valence-electron chi connectivity index (χ3n) is 4.02. The molecule has 0 aliphatic rings. The minimum Gasteiger partial charge on any atom is -0.383 e. The fourth-order valence-corrected chi connectivity index (χ4v) is 2.72. The van der Waals surface area contributed by atoms with Gasteiger partial charge >= 0.3 is 0 Å². The van der Waals surface area contributed by atoms with Crippen molar-refractivity contribution in [3.8, 4) is 0 Å². The molecule has 0 radical (unpaired) electrons. The minimum absolute atomic E-state index is 0.0803. The summed E-state index contributed by atoms with van der Waals surface area (Å²) in [5.41, 5.74) is 2.82. The van der Waals surface area contributed by atoms with Gasteiger partial charge in [0.15, 0.2) is 5.65 Å². The number of aryl methyl sites for hydroxylation is 3. The van der Waals surface area contributed by atoms with E-state index in [0.717, 1.165) is 23.4 Å². The lowest BCUT2D eigenvalue weighted by molar-refractivity contribution is -0.120. The van der Waals surface area contributed by atoms with Crippen LogP contribution in [0.25, 0.3) is 11.0 Å². The van der Waals surface area contributed by atoms with Gasteiger partial charge < -0.3 is 15.4 Å². The molecule has 0 aliphatic heterocycles. The predicted molar refractivity (Wildman–Crippen MR) is 92.3 cm³/mol. The van der Waals surface area contributed by atoms with Crippen molar-refractivity contribution in [1.29, 1.82) is 0 Å². The molecule has 0 aromatic carbocycles. The number of H-pyrrole nitrogens is 1. The standard InChI is InChI=1S/C16H25N5O3/c1-10-12(9-13(22)18-6-5-17-7-8-24-4)11(2)19-15-14(10)16(23)20-21(15)3/h17H,5-9H2,1-4H3,(H,18,22)(H,20,23). The molecule has 3 N–H and O–H groups in total. The fraction of sp³-hybridized carbons (Fsp3) is 0.562. The van der Waals surface area contributed by atoms with Crippen LogP contribution in [-0.2, 0) is 23.0 Å². The molecule has 132 valence electrons. The van der Waals surface area contributed by atoms with Gasteiger partial charge in [-0.25, -0.2) is 4.98 Å². The Morgan fingerprint density at radius 1 is 1.29 bits per heavy atom. The maximum absolute atomic E-state index is 12.1. The van der Waals surface area contributed by atoms with Crippen LogP contribution in [0.4, 0.5) is 0 Å². The van der Waals surface area contributed by atoms with Crippen molar-refractivity contribution in [2.75, 3.05) is 33.4 Å². The lowest BCUT2D eigenvalue weighted by Crippen LogP contribution is -2.34. The number of amides is 1. The molecule has 24 heavy (non-hydrogen) atoms. The van der Waals surface area contributed by atoms with E-state index in [2.05, 4.69) is 20.7 Å². The molecule has 0 unspecified atom stereocenters. The summed E-state index contributed by atoms with van der Waals surface area (Å²) in [7, 11) is 3.40. The predicted octanol–water partition coefficient (Wildman–Crippen LogP) is -0.227. The molecule has 0 atom stereocenters. The van der Waals surface area contributed by atoms with Crippen LogP contribution in [0, 0.1) is 13.8 Å². The number of fused-ring (bicyclic) bond motifs is 1. The van der Waals surface area contributed by atoms with Crippen molar-refractivity contribution in [2.24, 2.45) is 7.05 Å². The first-order valence-electron chi connectivity index (χ1n) is 7.96. The van der Waals surface area contributed by atoms with Crippen LogP contribution >= 0.6 is 0 Å². The Kier molecular flexibility index (Phi) is 6.10. The molecule has 0 aliphatic carbocycles. The average molecular weight is 335 g/mol. The zero-order valence-corrected chi connectivity index (χ0v) is 14.7. The summed E-state index contributed by atoms with van der Waals surface area (Å²) in [6, 6.07) is 0. The summed E-state index contributed by atoms with van der Waals surface area (Å²) in [5, 5.41) is 9.28. The van der Waals surface area contributed by atoms with Crippen LogP contribution in [0.3, 0.4) is 0 Å². The van der Waals surface area contributed by atoms with Crippen molar-refractivity contribution >= 4 is 16.9 Å². The molecular weight excluding hydrogens is 310 g/mol. The van der Waals surface area contributed by atoms with E-state index in [1.807, 2.05) is 13.8 Å². The van der Waals surface area contributed by atoms with Crippen molar-refractivity contribution in [3.63, 3.8) is 0 Å². The van der Waals surface area contributed by atoms with Crippen molar-refractivity contribution in [2.45, 2.75) is 20.3 Å². The normalized spacial score (nSPS) is 11.2. The van der Waals surface area contributed by atoms with Gasteiger partial charge in [-0.15, -0.1) is 0 Å². The monoisotopic (exact) mass is 335 g/mol. The number of nitrogens with one attached hydrogen (secondary N) is 3. The molecular formula is C16H25N5O3. The van der Waals surface area contributed by atoms with E-state index in [1.165, 1.54) is 0 Å². The summed E-state index contributed by atoms with van der Waals surface area (Å²) in [4.78, 5) is 28.6. The van der Waals surface area contributed by atoms with E-state index in [1.54, 1.807) is 18.8 Å². The first-order valence-corrected chi connectivity index (χ1v) is 7.96. The third kappa shape index (κ3) is 4.01. The Bertz CT molecular complexity index is 778. The lowest BCUT2D eigenvalue weighted by atomic mass is 10.0. The zero-order chi connectivity index (χ0) is 17.7. The van der Waals surface area contributed by atoms with Crippen LogP contribution in [0.5, 0.6) is 0 Å². The van der Waals surface area contributed by atoms with E-state index in [4.69, 9.17) is 4.74 Å². The molecule has 0 fully saturated rings. The number of carbonyl (C=O) groups excluding carboxylic acids is 1. The summed E-state index contributed by atoms with van der Waals surface area (Å²) in [6.45, 7) is 6.34. The Morgan fingerprint density at radius 3 is 2.75 bits per heavy atom. The highest BCUT2D eigenvalue weighted by Gasteiger charge is 2.17. The number of aromatic amines is 1. The number of carbonyl (C=O) groups is 1. The van der Waals surface area contributed by atoms with Crippen molar-refractivity contribution in [3.05, 3.63) is 27.2 Å². The van der Waals surface area contributed by atoms with Crippen LogP contribution in [0.15, 0.2) is 4.79 Å². The van der Waals surface area contributed by atoms with Gasteiger partial charge in [0.1, 0.15) is 0 Å². The minimum atomic E-state index is -0.179.